The molecule has 7 heteroatoms. The van der Waals surface area contributed by atoms with Crippen molar-refractivity contribution in [3.05, 3.63) is 16.1 Å². The van der Waals surface area contributed by atoms with E-state index in [2.05, 4.69) is 18.8 Å². The minimum Gasteiger partial charge on any atom is -0.342 e. The number of aromatic nitrogens is 1. The van der Waals surface area contributed by atoms with Crippen LogP contribution in [0.25, 0.3) is 0 Å². The molecule has 1 atom stereocenters. The molecule has 1 saturated heterocycles. The maximum atomic E-state index is 12.2. The van der Waals surface area contributed by atoms with Gasteiger partial charge in [-0.05, 0) is 12.3 Å². The smallest absolute Gasteiger partial charge is 0.223 e. The Labute approximate surface area is 130 Å². The molecule has 0 aromatic carbocycles. The first-order chi connectivity index (χ1) is 9.78. The Balaban J connectivity index is 1.86. The Morgan fingerprint density at radius 3 is 2.76 bits per heavy atom. The van der Waals surface area contributed by atoms with Crippen molar-refractivity contribution < 1.29 is 13.2 Å². The monoisotopic (exact) mass is 330 g/mol. The van der Waals surface area contributed by atoms with E-state index in [9.17, 15) is 13.2 Å². The fourth-order valence-electron chi connectivity index (χ4n) is 2.38. The molecule has 1 aromatic rings. The van der Waals surface area contributed by atoms with Crippen molar-refractivity contribution in [3.63, 3.8) is 0 Å². The molecule has 0 bridgehead atoms. The highest BCUT2D eigenvalue weighted by molar-refractivity contribution is 7.91. The van der Waals surface area contributed by atoms with Crippen molar-refractivity contribution in [2.45, 2.75) is 45.1 Å². The number of amides is 1. The number of carbonyl (C=O) groups excluding carboxylic acids is 1. The number of aryl methyl sites for hydroxylation is 1. The zero-order chi connectivity index (χ0) is 15.6. The third-order valence-electron chi connectivity index (χ3n) is 3.86. The van der Waals surface area contributed by atoms with Crippen molar-refractivity contribution in [2.24, 2.45) is 0 Å². The maximum Gasteiger partial charge on any atom is 0.223 e. The molecule has 0 saturated carbocycles. The summed E-state index contributed by atoms with van der Waals surface area (Å²) in [6.07, 6.45) is 1.57. The molecule has 0 N–H and O–H groups in total. The lowest BCUT2D eigenvalue weighted by atomic mass is 10.2. The third kappa shape index (κ3) is 4.26. The number of hydrogen-bond acceptors (Lipinski definition) is 5. The Morgan fingerprint density at radius 1 is 1.52 bits per heavy atom. The lowest BCUT2D eigenvalue weighted by molar-refractivity contribution is -0.131. The van der Waals surface area contributed by atoms with Gasteiger partial charge in [-0.25, -0.2) is 13.4 Å². The molecule has 1 unspecified atom stereocenters. The Hall–Kier alpha value is -0.950. The molecule has 2 rings (SSSR count). The molecule has 0 aliphatic carbocycles. The van der Waals surface area contributed by atoms with E-state index in [4.69, 9.17) is 0 Å². The second-order valence-electron chi connectivity index (χ2n) is 5.88. The molecular weight excluding hydrogens is 308 g/mol. The summed E-state index contributed by atoms with van der Waals surface area (Å²) in [5.74, 6) is 0.694. The summed E-state index contributed by atoms with van der Waals surface area (Å²) in [6, 6.07) is -0.162. The summed E-state index contributed by atoms with van der Waals surface area (Å²) in [5.41, 5.74) is 1.07. The molecule has 21 heavy (non-hydrogen) atoms. The Kier molecular flexibility index (Phi) is 5.03. The number of thiazole rings is 1. The molecule has 0 radical (unpaired) electrons. The maximum absolute atomic E-state index is 12.2. The van der Waals surface area contributed by atoms with Crippen LogP contribution in [0.5, 0.6) is 0 Å². The standard InChI is InChI=1S/C14H22N2O3S2/c1-10(2)12-8-20-13(15-12)4-5-14(17)16(3)11-6-7-21(18,19)9-11/h8,10-11H,4-7,9H2,1-3H3. The van der Waals surface area contributed by atoms with Crippen LogP contribution >= 0.6 is 11.3 Å². The van der Waals surface area contributed by atoms with Crippen molar-refractivity contribution in [1.82, 2.24) is 9.88 Å². The van der Waals surface area contributed by atoms with Gasteiger partial charge in [0.15, 0.2) is 9.84 Å². The van der Waals surface area contributed by atoms with E-state index in [-0.39, 0.29) is 23.5 Å². The van der Waals surface area contributed by atoms with Gasteiger partial charge in [-0.2, -0.15) is 0 Å². The molecule has 5 nitrogen and oxygen atoms in total. The van der Waals surface area contributed by atoms with E-state index in [1.54, 1.807) is 23.3 Å². The summed E-state index contributed by atoms with van der Waals surface area (Å²) in [6.45, 7) is 4.19. The highest BCUT2D eigenvalue weighted by atomic mass is 32.2. The summed E-state index contributed by atoms with van der Waals surface area (Å²) < 4.78 is 22.9. The first kappa shape index (κ1) is 16.4. The van der Waals surface area contributed by atoms with Crippen LogP contribution in [-0.2, 0) is 21.1 Å². The van der Waals surface area contributed by atoms with E-state index in [0.29, 0.717) is 25.2 Å². The molecule has 0 spiro atoms. The van der Waals surface area contributed by atoms with Crippen LogP contribution < -0.4 is 0 Å². The van der Waals surface area contributed by atoms with Gasteiger partial charge in [0, 0.05) is 31.3 Å². The summed E-state index contributed by atoms with van der Waals surface area (Å²) >= 11 is 1.59. The zero-order valence-corrected chi connectivity index (χ0v) is 14.3. The van der Waals surface area contributed by atoms with E-state index >= 15 is 0 Å². The number of sulfone groups is 1. The van der Waals surface area contributed by atoms with Crippen LogP contribution in [-0.4, -0.2) is 48.8 Å². The molecular formula is C14H22N2O3S2. The largest absolute Gasteiger partial charge is 0.342 e. The van der Waals surface area contributed by atoms with Crippen LogP contribution in [0.4, 0.5) is 0 Å². The van der Waals surface area contributed by atoms with Crippen LogP contribution in [0.1, 0.15) is 43.3 Å². The van der Waals surface area contributed by atoms with Crippen molar-refractivity contribution >= 4 is 27.1 Å². The van der Waals surface area contributed by atoms with Crippen LogP contribution in [0.2, 0.25) is 0 Å². The second kappa shape index (κ2) is 6.44. The normalized spacial score (nSPS) is 20.9. The van der Waals surface area contributed by atoms with Gasteiger partial charge in [-0.1, -0.05) is 13.8 Å². The van der Waals surface area contributed by atoms with Crippen LogP contribution in [0.3, 0.4) is 0 Å². The van der Waals surface area contributed by atoms with Gasteiger partial charge >= 0.3 is 0 Å². The van der Waals surface area contributed by atoms with Crippen LogP contribution in [0.15, 0.2) is 5.38 Å². The minimum atomic E-state index is -2.95. The van der Waals surface area contributed by atoms with Crippen molar-refractivity contribution in [1.29, 1.82) is 0 Å². The fraction of sp³-hybridized carbons (Fsp3) is 0.714. The lowest BCUT2D eigenvalue weighted by Crippen LogP contribution is -2.37. The van der Waals surface area contributed by atoms with Crippen molar-refractivity contribution in [3.8, 4) is 0 Å². The van der Waals surface area contributed by atoms with Gasteiger partial charge < -0.3 is 4.90 Å². The molecule has 1 aliphatic rings. The molecule has 118 valence electrons. The van der Waals surface area contributed by atoms with E-state index in [1.165, 1.54) is 0 Å². The first-order valence-corrected chi connectivity index (χ1v) is 9.89. The quantitative estimate of drug-likeness (QED) is 0.826. The highest BCUT2D eigenvalue weighted by Gasteiger charge is 2.32. The molecule has 1 aromatic heterocycles. The molecule has 1 aliphatic heterocycles. The topological polar surface area (TPSA) is 67.3 Å². The lowest BCUT2D eigenvalue weighted by Gasteiger charge is -2.23. The first-order valence-electron chi connectivity index (χ1n) is 7.19. The van der Waals surface area contributed by atoms with Gasteiger partial charge in [0.25, 0.3) is 0 Å². The summed E-state index contributed by atoms with van der Waals surface area (Å²) in [4.78, 5) is 18.3. The van der Waals surface area contributed by atoms with E-state index in [1.807, 2.05) is 5.38 Å². The fourth-order valence-corrected chi connectivity index (χ4v) is 5.11. The van der Waals surface area contributed by atoms with E-state index < -0.39 is 9.84 Å². The van der Waals surface area contributed by atoms with Gasteiger partial charge in [-0.3, -0.25) is 4.79 Å². The van der Waals surface area contributed by atoms with Gasteiger partial charge in [-0.15, -0.1) is 11.3 Å². The number of nitrogens with zero attached hydrogens (tertiary/aromatic N) is 2. The van der Waals surface area contributed by atoms with Gasteiger partial charge in [0.2, 0.25) is 5.91 Å². The average molecular weight is 330 g/mol. The molecule has 1 fully saturated rings. The second-order valence-corrected chi connectivity index (χ2v) is 9.05. The van der Waals surface area contributed by atoms with Gasteiger partial charge in [0.05, 0.1) is 22.2 Å². The Bertz CT molecular complexity index is 607. The number of rotatable bonds is 5. The highest BCUT2D eigenvalue weighted by Crippen LogP contribution is 2.20. The number of carbonyl (C=O) groups is 1. The summed E-state index contributed by atoms with van der Waals surface area (Å²) in [7, 11) is -1.25. The Morgan fingerprint density at radius 2 is 2.24 bits per heavy atom. The minimum absolute atomic E-state index is 0.00148. The summed E-state index contributed by atoms with van der Waals surface area (Å²) in [5, 5.41) is 3.01. The molecule has 1 amide bonds. The van der Waals surface area contributed by atoms with E-state index in [0.717, 1.165) is 10.7 Å². The average Bonchev–Trinajstić information content (AvgIpc) is 3.01. The predicted octanol–water partition coefficient (Wildman–Crippen LogP) is 1.84. The molecule has 2 heterocycles. The van der Waals surface area contributed by atoms with Crippen LogP contribution in [0, 0.1) is 0 Å². The third-order valence-corrected chi connectivity index (χ3v) is 6.54. The predicted molar refractivity (Wildman–Crippen MR) is 84.4 cm³/mol. The number of hydrogen-bond donors (Lipinski definition) is 0. The zero-order valence-electron chi connectivity index (χ0n) is 12.7. The SMILES string of the molecule is CC(C)c1csc(CCC(=O)N(C)C2CCS(=O)(=O)C2)n1. The van der Waals surface area contributed by atoms with Gasteiger partial charge in [0.1, 0.15) is 0 Å². The van der Waals surface area contributed by atoms with Crippen molar-refractivity contribution in [2.75, 3.05) is 18.6 Å².